The number of likely N-dealkylation sites (tertiary alicyclic amines) is 1. The molecule has 3 rings (SSSR count). The third-order valence-corrected chi connectivity index (χ3v) is 3.30. The fourth-order valence-electron chi connectivity index (χ4n) is 2.36. The average Bonchev–Trinajstić information content (AvgIpc) is 3.09. The second-order valence-electron chi connectivity index (χ2n) is 4.76. The summed E-state index contributed by atoms with van der Waals surface area (Å²) in [5.41, 5.74) is 0. The van der Waals surface area contributed by atoms with Crippen molar-refractivity contribution in [3.05, 3.63) is 24.3 Å². The van der Waals surface area contributed by atoms with E-state index in [9.17, 15) is 4.79 Å². The van der Waals surface area contributed by atoms with Crippen LogP contribution in [0.25, 0.3) is 11.6 Å². The summed E-state index contributed by atoms with van der Waals surface area (Å²) < 4.78 is 10.4. The van der Waals surface area contributed by atoms with Crippen LogP contribution < -0.4 is 0 Å². The summed E-state index contributed by atoms with van der Waals surface area (Å²) in [6.45, 7) is 2.31. The Labute approximate surface area is 110 Å². The van der Waals surface area contributed by atoms with E-state index in [4.69, 9.17) is 8.94 Å². The minimum Gasteiger partial charge on any atom is -0.461 e. The van der Waals surface area contributed by atoms with Crippen molar-refractivity contribution >= 4 is 6.29 Å². The van der Waals surface area contributed by atoms with Crippen LogP contribution in [0.15, 0.2) is 27.3 Å². The topological polar surface area (TPSA) is 72.4 Å². The first-order chi connectivity index (χ1) is 9.35. The third-order valence-electron chi connectivity index (χ3n) is 3.30. The molecule has 0 radical (unpaired) electrons. The van der Waals surface area contributed by atoms with Gasteiger partial charge in [0.1, 0.15) is 6.29 Å². The van der Waals surface area contributed by atoms with Gasteiger partial charge in [-0.3, -0.25) is 4.90 Å². The Morgan fingerprint density at radius 3 is 3.26 bits per heavy atom. The zero-order valence-electron chi connectivity index (χ0n) is 10.5. The van der Waals surface area contributed by atoms with E-state index in [0.29, 0.717) is 24.0 Å². The largest absolute Gasteiger partial charge is 0.461 e. The molecular weight excluding hydrogens is 246 g/mol. The van der Waals surface area contributed by atoms with Crippen molar-refractivity contribution in [2.75, 3.05) is 13.1 Å². The molecule has 2 aromatic rings. The maximum absolute atomic E-state index is 10.8. The number of carbonyl (C=O) groups excluding carboxylic acids is 1. The molecule has 0 saturated carbocycles. The first kappa shape index (κ1) is 12.1. The minimum atomic E-state index is 0.126. The number of aromatic nitrogens is 2. The summed E-state index contributed by atoms with van der Waals surface area (Å²) in [6.07, 6.45) is 4.61. The molecule has 0 spiro atoms. The molecule has 1 aliphatic rings. The van der Waals surface area contributed by atoms with Gasteiger partial charge in [-0.25, -0.2) is 0 Å². The van der Waals surface area contributed by atoms with Crippen molar-refractivity contribution < 1.29 is 13.7 Å². The molecule has 0 aromatic carbocycles. The Balaban J connectivity index is 1.65. The van der Waals surface area contributed by atoms with Gasteiger partial charge in [-0.05, 0) is 31.5 Å². The Bertz CT molecular complexity index is 535. The van der Waals surface area contributed by atoms with Crippen molar-refractivity contribution in [1.82, 2.24) is 15.0 Å². The van der Waals surface area contributed by atoms with E-state index in [0.717, 1.165) is 32.2 Å². The molecular formula is C13H15N3O3. The van der Waals surface area contributed by atoms with Gasteiger partial charge in [-0.15, -0.1) is 0 Å². The highest BCUT2D eigenvalue weighted by molar-refractivity contribution is 5.53. The van der Waals surface area contributed by atoms with Crippen LogP contribution in [0.3, 0.4) is 0 Å². The molecule has 0 aliphatic carbocycles. The van der Waals surface area contributed by atoms with E-state index in [1.54, 1.807) is 18.4 Å². The summed E-state index contributed by atoms with van der Waals surface area (Å²) in [4.78, 5) is 17.3. The van der Waals surface area contributed by atoms with Crippen molar-refractivity contribution in [1.29, 1.82) is 0 Å². The zero-order valence-corrected chi connectivity index (χ0v) is 10.5. The highest BCUT2D eigenvalue weighted by atomic mass is 16.5. The summed E-state index contributed by atoms with van der Waals surface area (Å²) in [6, 6.07) is 3.57. The van der Waals surface area contributed by atoms with Crippen molar-refractivity contribution in [3.63, 3.8) is 0 Å². The molecule has 1 aliphatic heterocycles. The monoisotopic (exact) mass is 261 g/mol. The molecule has 19 heavy (non-hydrogen) atoms. The Kier molecular flexibility index (Phi) is 3.41. The summed E-state index contributed by atoms with van der Waals surface area (Å²) in [5, 5.41) is 3.89. The van der Waals surface area contributed by atoms with Crippen LogP contribution in [0.4, 0.5) is 0 Å². The van der Waals surface area contributed by atoms with Gasteiger partial charge in [-0.1, -0.05) is 5.16 Å². The average molecular weight is 261 g/mol. The van der Waals surface area contributed by atoms with E-state index in [-0.39, 0.29) is 5.92 Å². The molecule has 0 amide bonds. The number of piperidine rings is 1. The van der Waals surface area contributed by atoms with E-state index in [1.807, 2.05) is 0 Å². The van der Waals surface area contributed by atoms with Crippen LogP contribution in [0.1, 0.15) is 18.7 Å². The van der Waals surface area contributed by atoms with Gasteiger partial charge < -0.3 is 13.7 Å². The number of rotatable bonds is 4. The third kappa shape index (κ3) is 2.73. The first-order valence-electron chi connectivity index (χ1n) is 6.39. The van der Waals surface area contributed by atoms with Gasteiger partial charge in [0.15, 0.2) is 5.76 Å². The molecule has 1 unspecified atom stereocenters. The maximum Gasteiger partial charge on any atom is 0.241 e. The van der Waals surface area contributed by atoms with E-state index in [1.165, 1.54) is 0 Å². The second kappa shape index (κ2) is 5.36. The van der Waals surface area contributed by atoms with Gasteiger partial charge >= 0.3 is 0 Å². The predicted molar refractivity (Wildman–Crippen MR) is 66.1 cm³/mol. The normalized spacial score (nSPS) is 20.5. The summed E-state index contributed by atoms with van der Waals surface area (Å²) in [5.74, 6) is 1.74. The van der Waals surface area contributed by atoms with Crippen LogP contribution in [-0.4, -0.2) is 34.4 Å². The zero-order chi connectivity index (χ0) is 13.1. The van der Waals surface area contributed by atoms with Crippen LogP contribution in [-0.2, 0) is 11.3 Å². The van der Waals surface area contributed by atoms with E-state index >= 15 is 0 Å². The lowest BCUT2D eigenvalue weighted by atomic mass is 10.00. The van der Waals surface area contributed by atoms with Gasteiger partial charge in [0.25, 0.3) is 0 Å². The highest BCUT2D eigenvalue weighted by Gasteiger charge is 2.21. The molecule has 0 N–H and O–H groups in total. The van der Waals surface area contributed by atoms with E-state index in [2.05, 4.69) is 15.0 Å². The maximum atomic E-state index is 10.8. The summed E-state index contributed by atoms with van der Waals surface area (Å²) >= 11 is 0. The SMILES string of the molecule is O=CC1CCCN(Cc2nc(-c3ccco3)no2)C1. The number of furan rings is 1. The molecule has 2 aromatic heterocycles. The van der Waals surface area contributed by atoms with Crippen LogP contribution in [0, 0.1) is 5.92 Å². The minimum absolute atomic E-state index is 0.126. The number of hydrogen-bond donors (Lipinski definition) is 0. The fourth-order valence-corrected chi connectivity index (χ4v) is 2.36. The smallest absolute Gasteiger partial charge is 0.241 e. The molecule has 1 fully saturated rings. The standard InChI is InChI=1S/C13H15N3O3/c17-9-10-3-1-5-16(7-10)8-12-14-13(15-19-12)11-4-2-6-18-11/h2,4,6,9-10H,1,3,5,7-8H2. The lowest BCUT2D eigenvalue weighted by Gasteiger charge is -2.28. The van der Waals surface area contributed by atoms with Crippen molar-refractivity contribution in [3.8, 4) is 11.6 Å². The number of hydrogen-bond acceptors (Lipinski definition) is 6. The first-order valence-corrected chi connectivity index (χ1v) is 6.39. The predicted octanol–water partition coefficient (Wildman–Crippen LogP) is 1.74. The Morgan fingerprint density at radius 1 is 1.53 bits per heavy atom. The van der Waals surface area contributed by atoms with Crippen LogP contribution >= 0.6 is 0 Å². The number of nitrogens with zero attached hydrogens (tertiary/aromatic N) is 3. The van der Waals surface area contributed by atoms with Gasteiger partial charge in [-0.2, -0.15) is 4.98 Å². The van der Waals surface area contributed by atoms with Crippen molar-refractivity contribution in [2.24, 2.45) is 5.92 Å². The Morgan fingerprint density at radius 2 is 2.47 bits per heavy atom. The van der Waals surface area contributed by atoms with Crippen molar-refractivity contribution in [2.45, 2.75) is 19.4 Å². The molecule has 100 valence electrons. The molecule has 1 atom stereocenters. The second-order valence-corrected chi connectivity index (χ2v) is 4.76. The van der Waals surface area contributed by atoms with Gasteiger partial charge in [0.2, 0.25) is 11.7 Å². The molecule has 0 bridgehead atoms. The highest BCUT2D eigenvalue weighted by Crippen LogP contribution is 2.19. The van der Waals surface area contributed by atoms with Crippen LogP contribution in [0.5, 0.6) is 0 Å². The Hall–Kier alpha value is -1.95. The fraction of sp³-hybridized carbons (Fsp3) is 0.462. The molecule has 6 nitrogen and oxygen atoms in total. The lowest BCUT2D eigenvalue weighted by molar-refractivity contribution is -0.112. The molecule has 6 heteroatoms. The van der Waals surface area contributed by atoms with E-state index < -0.39 is 0 Å². The quantitative estimate of drug-likeness (QED) is 0.780. The molecule has 3 heterocycles. The van der Waals surface area contributed by atoms with Gasteiger partial charge in [0, 0.05) is 12.5 Å². The van der Waals surface area contributed by atoms with Crippen LogP contribution in [0.2, 0.25) is 0 Å². The summed E-state index contributed by atoms with van der Waals surface area (Å²) in [7, 11) is 0. The number of aldehydes is 1. The number of carbonyl (C=O) groups is 1. The van der Waals surface area contributed by atoms with Gasteiger partial charge in [0.05, 0.1) is 12.8 Å². The molecule has 1 saturated heterocycles. The lowest BCUT2D eigenvalue weighted by Crippen LogP contribution is -2.35.